The molecule has 3 aromatic rings. The van der Waals surface area contributed by atoms with E-state index in [1.165, 1.54) is 17.8 Å². The summed E-state index contributed by atoms with van der Waals surface area (Å²) in [4.78, 5) is 17.2. The van der Waals surface area contributed by atoms with Crippen LogP contribution in [0.5, 0.6) is 0 Å². The van der Waals surface area contributed by atoms with Gasteiger partial charge >= 0.3 is 0 Å². The number of carbonyl (C=O) groups excluding carboxylic acids is 1. The highest BCUT2D eigenvalue weighted by Gasteiger charge is 2.25. The number of halogens is 1. The zero-order chi connectivity index (χ0) is 19.3. The van der Waals surface area contributed by atoms with Crippen molar-refractivity contribution in [3.63, 3.8) is 0 Å². The summed E-state index contributed by atoms with van der Waals surface area (Å²) in [5, 5.41) is 0. The molecule has 0 saturated carbocycles. The third kappa shape index (κ3) is 4.09. The third-order valence-corrected chi connectivity index (χ3v) is 5.34. The predicted octanol–water partition coefficient (Wildman–Crippen LogP) is 3.96. The van der Waals surface area contributed by atoms with Gasteiger partial charge in [0.1, 0.15) is 5.82 Å². The molecule has 28 heavy (non-hydrogen) atoms. The molecular weight excluding hydrogens is 353 g/mol. The van der Waals surface area contributed by atoms with Gasteiger partial charge in [0, 0.05) is 44.3 Å². The second-order valence-electron chi connectivity index (χ2n) is 7.11. The molecule has 0 radical (unpaired) electrons. The van der Waals surface area contributed by atoms with Gasteiger partial charge in [0.25, 0.3) is 0 Å². The number of rotatable bonds is 5. The first-order valence-electron chi connectivity index (χ1n) is 9.66. The first-order chi connectivity index (χ1) is 13.7. The molecular formula is C23H24FN3O. The monoisotopic (exact) mass is 377 g/mol. The van der Waals surface area contributed by atoms with Crippen molar-refractivity contribution >= 4 is 11.6 Å². The van der Waals surface area contributed by atoms with Gasteiger partial charge in [0.05, 0.1) is 12.5 Å². The quantitative estimate of drug-likeness (QED) is 0.673. The number of carbonyl (C=O) groups is 1. The van der Waals surface area contributed by atoms with Crippen LogP contribution in [0.4, 0.5) is 10.1 Å². The van der Waals surface area contributed by atoms with E-state index < -0.39 is 0 Å². The molecule has 0 bridgehead atoms. The Kier molecular flexibility index (Phi) is 5.42. The maximum absolute atomic E-state index is 13.8. The number of amides is 1. The van der Waals surface area contributed by atoms with Gasteiger partial charge in [-0.25, -0.2) is 4.39 Å². The van der Waals surface area contributed by atoms with E-state index in [9.17, 15) is 9.18 Å². The summed E-state index contributed by atoms with van der Waals surface area (Å²) in [6.45, 7) is 3.05. The van der Waals surface area contributed by atoms with Gasteiger partial charge in [-0.05, 0) is 42.0 Å². The second kappa shape index (κ2) is 8.30. The number of anilines is 1. The fourth-order valence-electron chi connectivity index (χ4n) is 3.81. The average Bonchev–Trinajstić information content (AvgIpc) is 3.27. The number of nitrogens with zero attached hydrogens (tertiary/aromatic N) is 3. The van der Waals surface area contributed by atoms with Crippen molar-refractivity contribution in [1.82, 2.24) is 9.47 Å². The van der Waals surface area contributed by atoms with Gasteiger partial charge in [-0.3, -0.25) is 4.79 Å². The Balaban J connectivity index is 1.44. The molecule has 1 aromatic heterocycles. The number of hydrogen-bond acceptors (Lipinski definition) is 2. The van der Waals surface area contributed by atoms with E-state index in [1.54, 1.807) is 6.07 Å². The van der Waals surface area contributed by atoms with Crippen LogP contribution in [0.25, 0.3) is 0 Å². The van der Waals surface area contributed by atoms with Crippen molar-refractivity contribution in [3.8, 4) is 0 Å². The molecule has 0 spiro atoms. The normalized spacial score (nSPS) is 15.5. The van der Waals surface area contributed by atoms with Crippen molar-refractivity contribution in [3.05, 3.63) is 90.5 Å². The average molecular weight is 377 g/mol. The van der Waals surface area contributed by atoms with Crippen molar-refractivity contribution in [2.45, 2.75) is 12.5 Å². The number of aromatic nitrogens is 1. The minimum Gasteiger partial charge on any atom is -0.368 e. The van der Waals surface area contributed by atoms with E-state index in [0.29, 0.717) is 19.5 Å². The lowest BCUT2D eigenvalue weighted by molar-refractivity contribution is -0.132. The van der Waals surface area contributed by atoms with Crippen LogP contribution in [0, 0.1) is 5.82 Å². The first kappa shape index (κ1) is 18.3. The predicted molar refractivity (Wildman–Crippen MR) is 109 cm³/mol. The molecule has 1 aliphatic heterocycles. The van der Waals surface area contributed by atoms with Gasteiger partial charge in [-0.2, -0.15) is 0 Å². The Morgan fingerprint density at radius 1 is 0.893 bits per heavy atom. The summed E-state index contributed by atoms with van der Waals surface area (Å²) >= 11 is 0. The fourth-order valence-corrected chi connectivity index (χ4v) is 3.81. The Morgan fingerprint density at radius 3 is 2.29 bits per heavy atom. The lowest BCUT2D eigenvalue weighted by atomic mass is 10.0. The summed E-state index contributed by atoms with van der Waals surface area (Å²) in [7, 11) is 0. The van der Waals surface area contributed by atoms with Crippen LogP contribution in [0.15, 0.2) is 79.1 Å². The molecule has 1 aliphatic rings. The van der Waals surface area contributed by atoms with Crippen LogP contribution in [0.1, 0.15) is 18.0 Å². The highest BCUT2D eigenvalue weighted by molar-refractivity contribution is 5.77. The smallest absolute Gasteiger partial charge is 0.225 e. The highest BCUT2D eigenvalue weighted by Crippen LogP contribution is 2.25. The molecule has 4 nitrogen and oxygen atoms in total. The van der Waals surface area contributed by atoms with E-state index in [-0.39, 0.29) is 17.8 Å². The molecule has 4 rings (SSSR count). The van der Waals surface area contributed by atoms with E-state index >= 15 is 0 Å². The van der Waals surface area contributed by atoms with Crippen LogP contribution in [0.2, 0.25) is 0 Å². The topological polar surface area (TPSA) is 28.5 Å². The maximum Gasteiger partial charge on any atom is 0.225 e. The number of piperazine rings is 1. The number of hydrogen-bond donors (Lipinski definition) is 0. The Bertz CT molecular complexity index is 903. The van der Waals surface area contributed by atoms with Crippen LogP contribution in [0.3, 0.4) is 0 Å². The van der Waals surface area contributed by atoms with Crippen molar-refractivity contribution in [2.24, 2.45) is 0 Å². The van der Waals surface area contributed by atoms with Crippen molar-refractivity contribution in [2.75, 3.05) is 31.1 Å². The zero-order valence-electron chi connectivity index (χ0n) is 15.7. The summed E-state index contributed by atoms with van der Waals surface area (Å²) in [5.74, 6) is -0.172. The molecule has 0 aliphatic carbocycles. The summed E-state index contributed by atoms with van der Waals surface area (Å²) < 4.78 is 15.7. The van der Waals surface area contributed by atoms with Gasteiger partial charge in [0.15, 0.2) is 0 Å². The molecule has 2 heterocycles. The van der Waals surface area contributed by atoms with E-state index in [1.807, 2.05) is 58.3 Å². The SMILES string of the molecule is O=C(CC(c1cccc(F)c1)n1cccc1)N1CCN(c2ccccc2)CC1. The summed E-state index contributed by atoms with van der Waals surface area (Å²) in [5.41, 5.74) is 2.01. The molecule has 2 aromatic carbocycles. The molecule has 5 heteroatoms. The third-order valence-electron chi connectivity index (χ3n) is 5.34. The molecule has 1 atom stereocenters. The largest absolute Gasteiger partial charge is 0.368 e. The fraction of sp³-hybridized carbons (Fsp3) is 0.261. The first-order valence-corrected chi connectivity index (χ1v) is 9.66. The van der Waals surface area contributed by atoms with E-state index in [0.717, 1.165) is 18.7 Å². The van der Waals surface area contributed by atoms with Crippen molar-refractivity contribution < 1.29 is 9.18 Å². The van der Waals surface area contributed by atoms with E-state index in [4.69, 9.17) is 0 Å². The molecule has 1 unspecified atom stereocenters. The zero-order valence-corrected chi connectivity index (χ0v) is 15.7. The van der Waals surface area contributed by atoms with Crippen molar-refractivity contribution in [1.29, 1.82) is 0 Å². The summed E-state index contributed by atoms with van der Waals surface area (Å²) in [6, 6.07) is 20.5. The Hall–Kier alpha value is -3.08. The van der Waals surface area contributed by atoms with Crippen LogP contribution >= 0.6 is 0 Å². The van der Waals surface area contributed by atoms with Crippen LogP contribution in [-0.4, -0.2) is 41.6 Å². The minimum absolute atomic E-state index is 0.107. The lowest BCUT2D eigenvalue weighted by Gasteiger charge is -2.36. The summed E-state index contributed by atoms with van der Waals surface area (Å²) in [6.07, 6.45) is 4.18. The Morgan fingerprint density at radius 2 is 1.61 bits per heavy atom. The van der Waals surface area contributed by atoms with Crippen LogP contribution in [-0.2, 0) is 4.79 Å². The van der Waals surface area contributed by atoms with Gasteiger partial charge in [-0.1, -0.05) is 30.3 Å². The highest BCUT2D eigenvalue weighted by atomic mass is 19.1. The molecule has 144 valence electrons. The number of benzene rings is 2. The van der Waals surface area contributed by atoms with E-state index in [2.05, 4.69) is 17.0 Å². The van der Waals surface area contributed by atoms with Gasteiger partial charge in [-0.15, -0.1) is 0 Å². The standard InChI is InChI=1S/C23H24FN3O/c24-20-8-6-7-19(17-20)22(26-11-4-5-12-26)18-23(28)27-15-13-25(14-16-27)21-9-2-1-3-10-21/h1-12,17,22H,13-16,18H2. The second-order valence-corrected chi connectivity index (χ2v) is 7.11. The van der Waals surface area contributed by atoms with Crippen LogP contribution < -0.4 is 4.90 Å². The Labute approximate surface area is 164 Å². The molecule has 0 N–H and O–H groups in total. The van der Waals surface area contributed by atoms with Gasteiger partial charge in [0.2, 0.25) is 5.91 Å². The van der Waals surface area contributed by atoms with Gasteiger partial charge < -0.3 is 14.4 Å². The number of para-hydroxylation sites is 1. The molecule has 1 amide bonds. The minimum atomic E-state index is -0.279. The lowest BCUT2D eigenvalue weighted by Crippen LogP contribution is -2.49. The maximum atomic E-state index is 13.8. The molecule has 1 saturated heterocycles. The molecule has 1 fully saturated rings.